The molecule has 0 N–H and O–H groups in total. The molecule has 0 fully saturated rings. The lowest BCUT2D eigenvalue weighted by molar-refractivity contribution is 1.01. The zero-order chi connectivity index (χ0) is 7.84. The fraction of sp³-hybridized carbons (Fsp3) is 0.143. The van der Waals surface area contributed by atoms with Gasteiger partial charge in [0, 0.05) is 5.39 Å². The van der Waals surface area contributed by atoms with Crippen molar-refractivity contribution in [1.82, 2.24) is 10.2 Å². The minimum atomic E-state index is 0.492. The predicted molar refractivity (Wildman–Crippen MR) is 47.2 cm³/mol. The van der Waals surface area contributed by atoms with Crippen molar-refractivity contribution in [3.63, 3.8) is 0 Å². The molecule has 2 aromatic rings. The fourth-order valence-electron chi connectivity index (χ4n) is 0.970. The molecule has 2 aromatic heterocycles. The van der Waals surface area contributed by atoms with Gasteiger partial charge in [-0.25, -0.2) is 0 Å². The van der Waals surface area contributed by atoms with E-state index in [0.29, 0.717) is 5.15 Å². The van der Waals surface area contributed by atoms with Crippen LogP contribution in [-0.4, -0.2) is 10.2 Å². The Morgan fingerprint density at radius 2 is 2.27 bits per heavy atom. The Balaban J connectivity index is 2.96. The number of hydrogen-bond donors (Lipinski definition) is 0. The summed E-state index contributed by atoms with van der Waals surface area (Å²) < 4.78 is 1.13. The molecule has 2 nitrogen and oxygen atoms in total. The average molecular weight is 185 g/mol. The SMILES string of the molecule is Cc1nnc(Cl)c2ccsc12. The highest BCUT2D eigenvalue weighted by atomic mass is 35.5. The van der Waals surface area contributed by atoms with E-state index >= 15 is 0 Å². The van der Waals surface area contributed by atoms with Gasteiger partial charge >= 0.3 is 0 Å². The number of aryl methyl sites for hydroxylation is 1. The molecule has 0 aliphatic rings. The third-order valence-corrected chi connectivity index (χ3v) is 2.81. The maximum atomic E-state index is 5.80. The molecular formula is C7H5ClN2S. The van der Waals surface area contributed by atoms with Crippen molar-refractivity contribution in [2.24, 2.45) is 0 Å². The molecular weight excluding hydrogens is 180 g/mol. The third-order valence-electron chi connectivity index (χ3n) is 1.50. The van der Waals surface area contributed by atoms with E-state index in [4.69, 9.17) is 11.6 Å². The Labute approximate surface area is 72.8 Å². The Kier molecular flexibility index (Phi) is 1.55. The first-order chi connectivity index (χ1) is 5.29. The molecule has 2 rings (SSSR count). The zero-order valence-corrected chi connectivity index (χ0v) is 7.41. The highest BCUT2D eigenvalue weighted by Gasteiger charge is 2.04. The van der Waals surface area contributed by atoms with Crippen LogP contribution in [0.2, 0.25) is 5.15 Å². The summed E-state index contributed by atoms with van der Waals surface area (Å²) in [6, 6.07) is 1.96. The summed E-state index contributed by atoms with van der Waals surface area (Å²) in [6.07, 6.45) is 0. The first kappa shape index (κ1) is 7.00. The van der Waals surface area contributed by atoms with E-state index < -0.39 is 0 Å². The highest BCUT2D eigenvalue weighted by Crippen LogP contribution is 2.26. The molecule has 0 saturated carbocycles. The van der Waals surface area contributed by atoms with Crippen LogP contribution in [0.3, 0.4) is 0 Å². The lowest BCUT2D eigenvalue weighted by atomic mass is 10.3. The topological polar surface area (TPSA) is 25.8 Å². The van der Waals surface area contributed by atoms with Gasteiger partial charge < -0.3 is 0 Å². The van der Waals surface area contributed by atoms with Crippen molar-refractivity contribution in [1.29, 1.82) is 0 Å². The van der Waals surface area contributed by atoms with Gasteiger partial charge in [0.25, 0.3) is 0 Å². The average Bonchev–Trinajstić information content (AvgIpc) is 2.45. The van der Waals surface area contributed by atoms with Crippen LogP contribution in [0.1, 0.15) is 5.69 Å². The molecule has 4 heteroatoms. The van der Waals surface area contributed by atoms with Crippen LogP contribution in [0.25, 0.3) is 10.1 Å². The van der Waals surface area contributed by atoms with E-state index in [2.05, 4.69) is 10.2 Å². The molecule has 0 saturated heterocycles. The molecule has 11 heavy (non-hydrogen) atoms. The summed E-state index contributed by atoms with van der Waals surface area (Å²) in [5.41, 5.74) is 0.944. The number of fused-ring (bicyclic) bond motifs is 1. The van der Waals surface area contributed by atoms with E-state index in [9.17, 15) is 0 Å². The van der Waals surface area contributed by atoms with Crippen molar-refractivity contribution < 1.29 is 0 Å². The van der Waals surface area contributed by atoms with Gasteiger partial charge in [-0.15, -0.1) is 16.4 Å². The molecule has 2 heterocycles. The second-order valence-electron chi connectivity index (χ2n) is 2.24. The monoisotopic (exact) mass is 184 g/mol. The molecule has 0 unspecified atom stereocenters. The Bertz CT molecular complexity index is 360. The Morgan fingerprint density at radius 3 is 3.00 bits per heavy atom. The summed E-state index contributed by atoms with van der Waals surface area (Å²) in [4.78, 5) is 0. The second kappa shape index (κ2) is 2.43. The number of hydrogen-bond acceptors (Lipinski definition) is 3. The summed E-state index contributed by atoms with van der Waals surface area (Å²) >= 11 is 7.44. The van der Waals surface area contributed by atoms with Gasteiger partial charge in [-0.1, -0.05) is 11.6 Å². The molecule has 0 aliphatic carbocycles. The summed E-state index contributed by atoms with van der Waals surface area (Å²) in [5, 5.41) is 11.2. The van der Waals surface area contributed by atoms with Crippen molar-refractivity contribution in [3.8, 4) is 0 Å². The van der Waals surface area contributed by atoms with Gasteiger partial charge in [-0.2, -0.15) is 5.10 Å². The quantitative estimate of drug-likeness (QED) is 0.629. The smallest absolute Gasteiger partial charge is 0.153 e. The number of rotatable bonds is 0. The van der Waals surface area contributed by atoms with Gasteiger partial charge in [0.2, 0.25) is 0 Å². The maximum absolute atomic E-state index is 5.80. The second-order valence-corrected chi connectivity index (χ2v) is 3.51. The molecule has 0 amide bonds. The molecule has 0 atom stereocenters. The fourth-order valence-corrected chi connectivity index (χ4v) is 2.06. The lowest BCUT2D eigenvalue weighted by Crippen LogP contribution is -1.85. The van der Waals surface area contributed by atoms with Crippen molar-refractivity contribution in [2.75, 3.05) is 0 Å². The van der Waals surface area contributed by atoms with Crippen molar-refractivity contribution in [3.05, 3.63) is 22.3 Å². The van der Waals surface area contributed by atoms with Gasteiger partial charge in [0.15, 0.2) is 5.15 Å². The van der Waals surface area contributed by atoms with Crippen LogP contribution >= 0.6 is 22.9 Å². The van der Waals surface area contributed by atoms with E-state index in [-0.39, 0.29) is 0 Å². The van der Waals surface area contributed by atoms with Gasteiger partial charge in [0.1, 0.15) is 0 Å². The normalized spacial score (nSPS) is 10.7. The standard InChI is InChI=1S/C7H5ClN2S/c1-4-6-5(2-3-11-6)7(8)10-9-4/h2-3H,1H3. The molecule has 0 radical (unpaired) electrons. The maximum Gasteiger partial charge on any atom is 0.160 e. The molecule has 0 aromatic carbocycles. The zero-order valence-electron chi connectivity index (χ0n) is 5.84. The minimum absolute atomic E-state index is 0.492. The summed E-state index contributed by atoms with van der Waals surface area (Å²) in [5.74, 6) is 0. The lowest BCUT2D eigenvalue weighted by Gasteiger charge is -1.93. The Hall–Kier alpha value is -0.670. The first-order valence-electron chi connectivity index (χ1n) is 3.15. The van der Waals surface area contributed by atoms with E-state index in [1.54, 1.807) is 11.3 Å². The third kappa shape index (κ3) is 1.01. The van der Waals surface area contributed by atoms with E-state index in [0.717, 1.165) is 15.8 Å². The number of nitrogens with zero attached hydrogens (tertiary/aromatic N) is 2. The number of aromatic nitrogens is 2. The number of thiophene rings is 1. The van der Waals surface area contributed by atoms with Gasteiger partial charge in [-0.3, -0.25) is 0 Å². The minimum Gasteiger partial charge on any atom is -0.153 e. The largest absolute Gasteiger partial charge is 0.160 e. The van der Waals surface area contributed by atoms with E-state index in [1.165, 1.54) is 0 Å². The van der Waals surface area contributed by atoms with Crippen LogP contribution in [0.4, 0.5) is 0 Å². The summed E-state index contributed by atoms with van der Waals surface area (Å²) in [7, 11) is 0. The van der Waals surface area contributed by atoms with Crippen LogP contribution in [-0.2, 0) is 0 Å². The van der Waals surface area contributed by atoms with Gasteiger partial charge in [0.05, 0.1) is 10.4 Å². The van der Waals surface area contributed by atoms with Crippen molar-refractivity contribution >= 4 is 33.0 Å². The molecule has 0 bridgehead atoms. The summed E-state index contributed by atoms with van der Waals surface area (Å²) in [6.45, 7) is 1.93. The van der Waals surface area contributed by atoms with Crippen molar-refractivity contribution in [2.45, 2.75) is 6.92 Å². The molecule has 0 aliphatic heterocycles. The molecule has 0 spiro atoms. The van der Waals surface area contributed by atoms with E-state index in [1.807, 2.05) is 18.4 Å². The Morgan fingerprint density at radius 1 is 1.45 bits per heavy atom. The highest BCUT2D eigenvalue weighted by molar-refractivity contribution is 7.17. The van der Waals surface area contributed by atoms with Crippen LogP contribution in [0.15, 0.2) is 11.4 Å². The van der Waals surface area contributed by atoms with Crippen LogP contribution in [0, 0.1) is 6.92 Å². The molecule has 56 valence electrons. The van der Waals surface area contributed by atoms with Crippen LogP contribution in [0.5, 0.6) is 0 Å². The predicted octanol–water partition coefficient (Wildman–Crippen LogP) is 2.65. The number of halogens is 1. The van der Waals surface area contributed by atoms with Crippen LogP contribution < -0.4 is 0 Å². The van der Waals surface area contributed by atoms with Gasteiger partial charge in [-0.05, 0) is 18.4 Å². The first-order valence-corrected chi connectivity index (χ1v) is 4.41.